The molecule has 2 aliphatic heterocycles. The lowest BCUT2D eigenvalue weighted by molar-refractivity contribution is -0.141. The van der Waals surface area contributed by atoms with Gasteiger partial charge >= 0.3 is 5.97 Å². The molecule has 2 unspecified atom stereocenters. The molecule has 1 amide bonds. The number of aliphatic carboxylic acids is 1. The van der Waals surface area contributed by atoms with Gasteiger partial charge in [-0.3, -0.25) is 9.59 Å². The Morgan fingerprint density at radius 3 is 2.67 bits per heavy atom. The molecular weight excluding hydrogens is 298 g/mol. The number of piperazine rings is 1. The number of carbonyl (C=O) groups excluding carboxylic acids is 1. The number of carboxylic acids is 1. The lowest BCUT2D eigenvalue weighted by atomic mass is 10.1. The summed E-state index contributed by atoms with van der Waals surface area (Å²) in [7, 11) is -3.82. The molecule has 0 aromatic carbocycles. The number of nitrogens with one attached hydrogen (secondary N) is 1. The summed E-state index contributed by atoms with van der Waals surface area (Å²) < 4.78 is 28.0. The van der Waals surface area contributed by atoms with E-state index < -0.39 is 34.5 Å². The van der Waals surface area contributed by atoms with Gasteiger partial charge in [-0.25, -0.2) is 0 Å². The van der Waals surface area contributed by atoms with Gasteiger partial charge in [0.2, 0.25) is 5.91 Å². The molecule has 2 heterocycles. The van der Waals surface area contributed by atoms with Crippen LogP contribution < -0.4 is 5.32 Å². The molecule has 0 spiro atoms. The van der Waals surface area contributed by atoms with Gasteiger partial charge in [0.05, 0.1) is 6.42 Å². The van der Waals surface area contributed by atoms with Gasteiger partial charge in [-0.2, -0.15) is 17.0 Å². The summed E-state index contributed by atoms with van der Waals surface area (Å²) in [6.45, 7) is 2.57. The Labute approximate surface area is 124 Å². The molecule has 2 rings (SSSR count). The Kier molecular flexibility index (Phi) is 4.84. The Hall–Kier alpha value is -1.19. The zero-order chi connectivity index (χ0) is 15.6. The maximum atomic E-state index is 12.8. The minimum Gasteiger partial charge on any atom is -0.481 e. The molecule has 2 atom stereocenters. The standard InChI is InChI=1S/C12H21N3O5S/c1-9-4-2-3-6-14(9)21(19,20)15-7-5-13-12(18)10(15)8-11(16)17/h9-10H,2-8H2,1H3,(H,13,18)(H,16,17). The minimum absolute atomic E-state index is 0.106. The topological polar surface area (TPSA) is 107 Å². The van der Waals surface area contributed by atoms with E-state index in [1.54, 1.807) is 0 Å². The lowest BCUT2D eigenvalue weighted by Gasteiger charge is -2.40. The van der Waals surface area contributed by atoms with Crippen LogP contribution in [-0.4, -0.2) is 65.7 Å². The minimum atomic E-state index is -3.82. The Morgan fingerprint density at radius 1 is 1.33 bits per heavy atom. The number of nitrogens with zero attached hydrogens (tertiary/aromatic N) is 2. The van der Waals surface area contributed by atoms with Crippen LogP contribution in [0.2, 0.25) is 0 Å². The Bertz CT molecular complexity index is 521. The molecule has 0 aromatic heterocycles. The molecular formula is C12H21N3O5S. The Morgan fingerprint density at radius 2 is 2.05 bits per heavy atom. The summed E-state index contributed by atoms with van der Waals surface area (Å²) in [5.74, 6) is -1.74. The number of hydrogen-bond acceptors (Lipinski definition) is 4. The van der Waals surface area contributed by atoms with Crippen molar-refractivity contribution in [2.45, 2.75) is 44.7 Å². The second-order valence-corrected chi connectivity index (χ2v) is 7.31. The number of piperidine rings is 1. The largest absolute Gasteiger partial charge is 0.481 e. The van der Waals surface area contributed by atoms with Gasteiger partial charge in [-0.05, 0) is 19.8 Å². The normalized spacial score (nSPS) is 29.1. The first-order valence-corrected chi connectivity index (χ1v) is 8.52. The van der Waals surface area contributed by atoms with Crippen LogP contribution in [0.5, 0.6) is 0 Å². The average molecular weight is 319 g/mol. The summed E-state index contributed by atoms with van der Waals surface area (Å²) in [6, 6.07) is -1.30. The summed E-state index contributed by atoms with van der Waals surface area (Å²) in [6.07, 6.45) is 2.02. The molecule has 0 bridgehead atoms. The zero-order valence-corrected chi connectivity index (χ0v) is 12.8. The third-order valence-corrected chi connectivity index (χ3v) is 6.15. The van der Waals surface area contributed by atoms with Gasteiger partial charge in [0.15, 0.2) is 0 Å². The molecule has 2 fully saturated rings. The molecule has 0 radical (unpaired) electrons. The van der Waals surface area contributed by atoms with Gasteiger partial charge < -0.3 is 10.4 Å². The van der Waals surface area contributed by atoms with Gasteiger partial charge in [-0.1, -0.05) is 6.42 Å². The molecule has 8 nitrogen and oxygen atoms in total. The van der Waals surface area contributed by atoms with Crippen LogP contribution in [-0.2, 0) is 19.8 Å². The van der Waals surface area contributed by atoms with E-state index in [4.69, 9.17) is 5.11 Å². The van der Waals surface area contributed by atoms with Crippen LogP contribution in [0, 0.1) is 0 Å². The highest BCUT2D eigenvalue weighted by Gasteiger charge is 2.43. The van der Waals surface area contributed by atoms with E-state index in [1.807, 2.05) is 6.92 Å². The maximum absolute atomic E-state index is 12.8. The van der Waals surface area contributed by atoms with Crippen LogP contribution in [0.25, 0.3) is 0 Å². The SMILES string of the molecule is CC1CCCCN1S(=O)(=O)N1CCNC(=O)C1CC(=O)O. The maximum Gasteiger partial charge on any atom is 0.305 e. The van der Waals surface area contributed by atoms with Gasteiger partial charge in [0, 0.05) is 25.7 Å². The third-order valence-electron chi connectivity index (χ3n) is 3.98. The number of carbonyl (C=O) groups is 2. The second kappa shape index (κ2) is 6.29. The zero-order valence-electron chi connectivity index (χ0n) is 12.0. The fourth-order valence-electron chi connectivity index (χ4n) is 2.88. The number of amides is 1. The van der Waals surface area contributed by atoms with E-state index in [9.17, 15) is 18.0 Å². The highest BCUT2D eigenvalue weighted by molar-refractivity contribution is 7.86. The summed E-state index contributed by atoms with van der Waals surface area (Å²) >= 11 is 0. The van der Waals surface area contributed by atoms with Crippen molar-refractivity contribution in [2.75, 3.05) is 19.6 Å². The first kappa shape index (κ1) is 16.2. The Balaban J connectivity index is 2.26. The number of rotatable bonds is 4. The van der Waals surface area contributed by atoms with Crippen LogP contribution in [0.4, 0.5) is 0 Å². The van der Waals surface area contributed by atoms with E-state index >= 15 is 0 Å². The van der Waals surface area contributed by atoms with Gasteiger partial charge in [0.25, 0.3) is 10.2 Å². The average Bonchev–Trinajstić information content (AvgIpc) is 2.40. The molecule has 0 aliphatic carbocycles. The van der Waals surface area contributed by atoms with Crippen molar-refractivity contribution < 1.29 is 23.1 Å². The predicted molar refractivity (Wildman–Crippen MR) is 74.7 cm³/mol. The van der Waals surface area contributed by atoms with E-state index in [2.05, 4.69) is 5.32 Å². The van der Waals surface area contributed by atoms with Gasteiger partial charge in [-0.15, -0.1) is 0 Å². The van der Waals surface area contributed by atoms with Gasteiger partial charge in [0.1, 0.15) is 6.04 Å². The van der Waals surface area contributed by atoms with Crippen LogP contribution in [0.1, 0.15) is 32.6 Å². The molecule has 0 saturated carbocycles. The summed E-state index contributed by atoms with van der Waals surface area (Å²) in [4.78, 5) is 22.8. The van der Waals surface area contributed by atoms with Crippen molar-refractivity contribution in [2.24, 2.45) is 0 Å². The molecule has 9 heteroatoms. The molecule has 2 saturated heterocycles. The van der Waals surface area contributed by atoms with Crippen molar-refractivity contribution in [3.8, 4) is 0 Å². The monoisotopic (exact) mass is 319 g/mol. The first-order chi connectivity index (χ1) is 9.84. The van der Waals surface area contributed by atoms with E-state index in [0.717, 1.165) is 23.6 Å². The fraction of sp³-hybridized carbons (Fsp3) is 0.833. The smallest absolute Gasteiger partial charge is 0.305 e. The van der Waals surface area contributed by atoms with E-state index in [-0.39, 0.29) is 19.1 Å². The van der Waals surface area contributed by atoms with Crippen molar-refractivity contribution in [1.82, 2.24) is 13.9 Å². The highest BCUT2D eigenvalue weighted by Crippen LogP contribution is 2.25. The second-order valence-electron chi connectivity index (χ2n) is 5.48. The molecule has 120 valence electrons. The van der Waals surface area contributed by atoms with Crippen molar-refractivity contribution in [3.63, 3.8) is 0 Å². The molecule has 2 N–H and O–H groups in total. The lowest BCUT2D eigenvalue weighted by Crippen LogP contribution is -2.61. The van der Waals surface area contributed by atoms with Crippen LogP contribution >= 0.6 is 0 Å². The number of carboxylic acid groups (broad SMARTS) is 1. The van der Waals surface area contributed by atoms with Crippen molar-refractivity contribution >= 4 is 22.1 Å². The van der Waals surface area contributed by atoms with E-state index in [0.29, 0.717) is 6.54 Å². The first-order valence-electron chi connectivity index (χ1n) is 7.12. The molecule has 2 aliphatic rings. The highest BCUT2D eigenvalue weighted by atomic mass is 32.2. The third kappa shape index (κ3) is 3.35. The number of hydrogen-bond donors (Lipinski definition) is 2. The predicted octanol–water partition coefficient (Wildman–Crippen LogP) is -0.619. The van der Waals surface area contributed by atoms with Crippen molar-refractivity contribution in [3.05, 3.63) is 0 Å². The fourth-order valence-corrected chi connectivity index (χ4v) is 4.88. The summed E-state index contributed by atoms with van der Waals surface area (Å²) in [5, 5.41) is 11.4. The molecule has 0 aromatic rings. The van der Waals surface area contributed by atoms with Crippen LogP contribution in [0.3, 0.4) is 0 Å². The van der Waals surface area contributed by atoms with E-state index in [1.165, 1.54) is 4.31 Å². The summed E-state index contributed by atoms with van der Waals surface area (Å²) in [5.41, 5.74) is 0. The van der Waals surface area contributed by atoms with Crippen molar-refractivity contribution in [1.29, 1.82) is 0 Å². The van der Waals surface area contributed by atoms with Crippen LogP contribution in [0.15, 0.2) is 0 Å². The molecule has 21 heavy (non-hydrogen) atoms. The quantitative estimate of drug-likeness (QED) is 0.718.